The highest BCUT2D eigenvalue weighted by atomic mass is 35.5. The predicted octanol–water partition coefficient (Wildman–Crippen LogP) is 5.24. The number of fused-ring (bicyclic) bond motifs is 6. The van der Waals surface area contributed by atoms with Crippen LogP contribution in [0.2, 0.25) is 5.02 Å². The van der Waals surface area contributed by atoms with Crippen molar-refractivity contribution in [2.24, 2.45) is 0 Å². The lowest BCUT2D eigenvalue weighted by Gasteiger charge is -2.27. The molecule has 2 aromatic carbocycles. The average Bonchev–Trinajstić information content (AvgIpc) is 3.37. The number of ether oxygens (including phenoxy) is 2. The molecule has 5 heterocycles. The van der Waals surface area contributed by atoms with Crippen molar-refractivity contribution in [3.05, 3.63) is 105 Å². The number of nitrogens with zero attached hydrogens (tertiary/aromatic N) is 5. The molecule has 6 aromatic rings. The van der Waals surface area contributed by atoms with Crippen LogP contribution >= 0.6 is 11.6 Å². The zero-order chi connectivity index (χ0) is 25.1. The van der Waals surface area contributed by atoms with Crippen LogP contribution in [0.15, 0.2) is 82.5 Å². The van der Waals surface area contributed by atoms with Crippen molar-refractivity contribution in [3.63, 3.8) is 0 Å². The van der Waals surface area contributed by atoms with Crippen LogP contribution < -0.4 is 15.1 Å². The largest absolute Gasteiger partial charge is 0.496 e. The molecule has 0 fully saturated rings. The molecule has 0 N–H and O–H groups in total. The van der Waals surface area contributed by atoms with Crippen LogP contribution in [0.3, 0.4) is 0 Å². The molecule has 0 amide bonds. The fourth-order valence-corrected chi connectivity index (χ4v) is 4.96. The van der Waals surface area contributed by atoms with Gasteiger partial charge in [-0.2, -0.15) is 0 Å². The van der Waals surface area contributed by atoms with Gasteiger partial charge in [-0.05, 0) is 48.0 Å². The third-order valence-corrected chi connectivity index (χ3v) is 6.64. The smallest absolute Gasteiger partial charge is 0.344 e. The number of benzene rings is 2. The van der Waals surface area contributed by atoms with Crippen molar-refractivity contribution in [3.8, 4) is 28.8 Å². The van der Waals surface area contributed by atoms with Crippen LogP contribution in [0.1, 0.15) is 22.6 Å². The molecule has 0 radical (unpaired) electrons. The number of halogens is 1. The van der Waals surface area contributed by atoms with E-state index in [1.165, 1.54) is 6.33 Å². The summed E-state index contributed by atoms with van der Waals surface area (Å²) in [6.07, 6.45) is 4.88. The van der Waals surface area contributed by atoms with Crippen molar-refractivity contribution in [1.29, 1.82) is 0 Å². The normalized spacial score (nSPS) is 14.3. The second-order valence-electron chi connectivity index (χ2n) is 8.46. The lowest BCUT2D eigenvalue weighted by molar-refractivity contribution is 0.416. The predicted molar refractivity (Wildman–Crippen MR) is 136 cm³/mol. The standard InChI is InChI=1S/C27H16ClN5O4/c1-35-18-7-6-15(28)12-17(18)24-31-25-22-20(14-8-10-29-11-9-14)21-23(37-26(22)30-13-33(25)32-24)16-4-2-3-5-19(16)36-27(21)34/h2-13,20H,1H3. The van der Waals surface area contributed by atoms with Gasteiger partial charge in [-0.3, -0.25) is 4.98 Å². The van der Waals surface area contributed by atoms with Crippen LogP contribution in [-0.4, -0.2) is 31.7 Å². The van der Waals surface area contributed by atoms with Gasteiger partial charge in [-0.15, -0.1) is 5.10 Å². The van der Waals surface area contributed by atoms with Gasteiger partial charge in [0.25, 0.3) is 0 Å². The number of hydrogen-bond donors (Lipinski definition) is 0. The van der Waals surface area contributed by atoms with E-state index in [0.717, 1.165) is 5.56 Å². The average molecular weight is 510 g/mol. The van der Waals surface area contributed by atoms with Crippen LogP contribution in [-0.2, 0) is 0 Å². The first-order valence-corrected chi connectivity index (χ1v) is 11.7. The zero-order valence-corrected chi connectivity index (χ0v) is 20.0. The van der Waals surface area contributed by atoms with Gasteiger partial charge in [0.1, 0.15) is 17.7 Å². The number of hydrogen-bond acceptors (Lipinski definition) is 8. The highest BCUT2D eigenvalue weighted by Gasteiger charge is 2.37. The molecule has 10 heteroatoms. The van der Waals surface area contributed by atoms with Crippen LogP contribution in [0.5, 0.6) is 17.4 Å². The number of pyridine rings is 1. The SMILES string of the molecule is COc1ccc(Cl)cc1-c1nc2c3c(ncn2n1)Oc1c(c(=O)oc2ccccc12)C3c1ccncc1. The van der Waals surface area contributed by atoms with Gasteiger partial charge in [0, 0.05) is 17.4 Å². The minimum atomic E-state index is -0.586. The van der Waals surface area contributed by atoms with Crippen LogP contribution in [0.25, 0.3) is 28.0 Å². The van der Waals surface area contributed by atoms with E-state index in [1.807, 2.05) is 24.3 Å². The second kappa shape index (κ2) is 8.14. The molecule has 7 rings (SSSR count). The van der Waals surface area contributed by atoms with Gasteiger partial charge in [-0.1, -0.05) is 23.7 Å². The molecule has 0 saturated heterocycles. The third kappa shape index (κ3) is 3.28. The van der Waals surface area contributed by atoms with E-state index in [0.29, 0.717) is 61.5 Å². The summed E-state index contributed by atoms with van der Waals surface area (Å²) >= 11 is 6.26. The van der Waals surface area contributed by atoms with Crippen molar-refractivity contribution < 1.29 is 13.9 Å². The summed E-state index contributed by atoms with van der Waals surface area (Å²) in [6.45, 7) is 0. The summed E-state index contributed by atoms with van der Waals surface area (Å²) in [4.78, 5) is 26.9. The minimum Gasteiger partial charge on any atom is -0.496 e. The molecule has 0 aliphatic carbocycles. The third-order valence-electron chi connectivity index (χ3n) is 6.40. The summed E-state index contributed by atoms with van der Waals surface area (Å²) in [5, 5.41) is 5.83. The Balaban J connectivity index is 1.54. The highest BCUT2D eigenvalue weighted by Crippen LogP contribution is 2.48. The molecule has 4 aromatic heterocycles. The Bertz CT molecular complexity index is 1900. The van der Waals surface area contributed by atoms with E-state index in [-0.39, 0.29) is 0 Å². The van der Waals surface area contributed by atoms with Gasteiger partial charge in [0.15, 0.2) is 17.2 Å². The maximum Gasteiger partial charge on any atom is 0.344 e. The molecule has 1 aliphatic heterocycles. The van der Waals surface area contributed by atoms with Crippen molar-refractivity contribution in [2.75, 3.05) is 7.11 Å². The van der Waals surface area contributed by atoms with Gasteiger partial charge in [0.05, 0.1) is 35.1 Å². The number of para-hydroxylation sites is 1. The molecule has 180 valence electrons. The maximum atomic E-state index is 13.4. The fraction of sp³-hybridized carbons (Fsp3) is 0.0741. The first-order valence-electron chi connectivity index (χ1n) is 11.3. The van der Waals surface area contributed by atoms with Crippen molar-refractivity contribution in [2.45, 2.75) is 5.92 Å². The van der Waals surface area contributed by atoms with Gasteiger partial charge >= 0.3 is 5.63 Å². The lowest BCUT2D eigenvalue weighted by Crippen LogP contribution is -2.22. The molecule has 37 heavy (non-hydrogen) atoms. The molecule has 9 nitrogen and oxygen atoms in total. The Morgan fingerprint density at radius 2 is 1.89 bits per heavy atom. The van der Waals surface area contributed by atoms with E-state index in [2.05, 4.69) is 15.1 Å². The Hall–Kier alpha value is -4.76. The van der Waals surface area contributed by atoms with Crippen molar-refractivity contribution >= 4 is 28.2 Å². The number of aromatic nitrogens is 5. The van der Waals surface area contributed by atoms with Gasteiger partial charge in [-0.25, -0.2) is 19.3 Å². The molecule has 1 aliphatic rings. The topological polar surface area (TPSA) is 105 Å². The van der Waals surface area contributed by atoms with Crippen molar-refractivity contribution in [1.82, 2.24) is 24.6 Å². The quantitative estimate of drug-likeness (QED) is 0.298. The minimum absolute atomic E-state index is 0.328. The monoisotopic (exact) mass is 509 g/mol. The van der Waals surface area contributed by atoms with Gasteiger partial charge < -0.3 is 13.9 Å². The molecule has 0 bridgehead atoms. The molecule has 0 spiro atoms. The van der Waals surface area contributed by atoms with E-state index in [1.54, 1.807) is 54.4 Å². The lowest BCUT2D eigenvalue weighted by atomic mass is 9.84. The first kappa shape index (κ1) is 21.5. The second-order valence-corrected chi connectivity index (χ2v) is 8.89. The van der Waals surface area contributed by atoms with Crippen LogP contribution in [0.4, 0.5) is 0 Å². The summed E-state index contributed by atoms with van der Waals surface area (Å²) in [5.74, 6) is 1.11. The Kier molecular flexibility index (Phi) is 4.73. The Morgan fingerprint density at radius 3 is 2.73 bits per heavy atom. The summed E-state index contributed by atoms with van der Waals surface area (Å²) < 4.78 is 19.1. The van der Waals surface area contributed by atoms with E-state index in [4.69, 9.17) is 30.5 Å². The number of rotatable bonds is 3. The molecule has 1 unspecified atom stereocenters. The number of methoxy groups -OCH3 is 1. The summed E-state index contributed by atoms with van der Waals surface area (Å²) in [5.41, 5.74) is 2.78. The highest BCUT2D eigenvalue weighted by molar-refractivity contribution is 6.30. The molecule has 1 atom stereocenters. The van der Waals surface area contributed by atoms with E-state index in [9.17, 15) is 4.79 Å². The Morgan fingerprint density at radius 1 is 1.05 bits per heavy atom. The van der Waals surface area contributed by atoms with E-state index < -0.39 is 11.5 Å². The maximum absolute atomic E-state index is 13.4. The molecule has 0 saturated carbocycles. The fourth-order valence-electron chi connectivity index (χ4n) is 4.79. The summed E-state index contributed by atoms with van der Waals surface area (Å²) in [7, 11) is 1.57. The molecular weight excluding hydrogens is 494 g/mol. The molecular formula is C27H16ClN5O4. The zero-order valence-electron chi connectivity index (χ0n) is 19.3. The van der Waals surface area contributed by atoms with E-state index >= 15 is 0 Å². The Labute approximate surface area is 213 Å². The van der Waals surface area contributed by atoms with Gasteiger partial charge in [0.2, 0.25) is 5.88 Å². The summed E-state index contributed by atoms with van der Waals surface area (Å²) in [6, 6.07) is 16.2. The first-order chi connectivity index (χ1) is 18.1. The van der Waals surface area contributed by atoms with Crippen LogP contribution in [0, 0.1) is 0 Å².